The van der Waals surface area contributed by atoms with E-state index in [1.54, 1.807) is 26.0 Å². The van der Waals surface area contributed by atoms with Crippen molar-refractivity contribution in [3.8, 4) is 0 Å². The molecule has 1 heterocycles. The first-order chi connectivity index (χ1) is 13.8. The molecular formula is C21H25N3O4S. The van der Waals surface area contributed by atoms with E-state index in [1.807, 2.05) is 26.0 Å². The second-order valence-electron chi connectivity index (χ2n) is 6.92. The van der Waals surface area contributed by atoms with Crippen molar-refractivity contribution >= 4 is 32.6 Å². The molecule has 7 nitrogen and oxygen atoms in total. The zero-order valence-corrected chi connectivity index (χ0v) is 17.8. The molecule has 3 rings (SSSR count). The lowest BCUT2D eigenvalue weighted by Crippen LogP contribution is -2.30. The molecule has 0 radical (unpaired) electrons. The molecule has 0 saturated carbocycles. The number of sulfonamides is 1. The number of benzene rings is 2. The van der Waals surface area contributed by atoms with Crippen molar-refractivity contribution in [2.24, 2.45) is 0 Å². The minimum atomic E-state index is -3.52. The normalized spacial score (nSPS) is 11.9. The summed E-state index contributed by atoms with van der Waals surface area (Å²) in [5.41, 5.74) is 3.85. The summed E-state index contributed by atoms with van der Waals surface area (Å²) in [6.45, 7) is 8.34. The Hall–Kier alpha value is -2.71. The Balaban J connectivity index is 1.74. The minimum Gasteiger partial charge on any atom is -0.356 e. The summed E-state index contributed by atoms with van der Waals surface area (Å²) in [6, 6.07) is 10.1. The van der Waals surface area contributed by atoms with Crippen LogP contribution in [-0.4, -0.2) is 36.9 Å². The number of hydrogen-bond donors (Lipinski definition) is 1. The van der Waals surface area contributed by atoms with Gasteiger partial charge in [0.2, 0.25) is 15.9 Å². The Labute approximate surface area is 170 Å². The molecule has 0 fully saturated rings. The van der Waals surface area contributed by atoms with E-state index in [1.165, 1.54) is 16.4 Å². The number of nitrogens with one attached hydrogen (secondary N) is 1. The number of carbonyl (C=O) groups is 1. The highest BCUT2D eigenvalue weighted by Gasteiger charge is 2.21. The number of fused-ring (bicyclic) bond motifs is 1. The number of rotatable bonds is 7. The van der Waals surface area contributed by atoms with E-state index in [0.29, 0.717) is 30.1 Å². The fourth-order valence-electron chi connectivity index (χ4n) is 3.42. The Morgan fingerprint density at radius 2 is 1.76 bits per heavy atom. The maximum atomic E-state index is 12.5. The summed E-state index contributed by atoms with van der Waals surface area (Å²) in [7, 11) is -3.52. The third-order valence-electron chi connectivity index (χ3n) is 4.80. The summed E-state index contributed by atoms with van der Waals surface area (Å²) in [4.78, 5) is 12.7. The van der Waals surface area contributed by atoms with E-state index < -0.39 is 10.0 Å². The van der Waals surface area contributed by atoms with Crippen LogP contribution in [0.5, 0.6) is 0 Å². The molecule has 0 atom stereocenters. The molecule has 154 valence electrons. The first kappa shape index (κ1) is 21.0. The van der Waals surface area contributed by atoms with Crippen molar-refractivity contribution in [1.29, 1.82) is 0 Å². The maximum absolute atomic E-state index is 12.5. The highest BCUT2D eigenvalue weighted by Crippen LogP contribution is 2.25. The van der Waals surface area contributed by atoms with Gasteiger partial charge in [0.1, 0.15) is 5.69 Å². The van der Waals surface area contributed by atoms with Crippen molar-refractivity contribution in [3.05, 3.63) is 53.2 Å². The highest BCUT2D eigenvalue weighted by atomic mass is 32.2. The average molecular weight is 416 g/mol. The number of aryl methyl sites for hydroxylation is 2. The van der Waals surface area contributed by atoms with Crippen molar-refractivity contribution in [1.82, 2.24) is 9.46 Å². The molecule has 0 aliphatic carbocycles. The summed E-state index contributed by atoms with van der Waals surface area (Å²) >= 11 is 0. The van der Waals surface area contributed by atoms with E-state index in [2.05, 4.69) is 10.5 Å². The lowest BCUT2D eigenvalue weighted by Gasteiger charge is -2.18. The third kappa shape index (κ3) is 4.33. The van der Waals surface area contributed by atoms with E-state index in [-0.39, 0.29) is 17.2 Å². The van der Waals surface area contributed by atoms with Crippen LogP contribution in [0.2, 0.25) is 0 Å². The molecule has 1 aromatic heterocycles. The molecule has 0 aliphatic rings. The van der Waals surface area contributed by atoms with Crippen LogP contribution in [-0.2, 0) is 21.2 Å². The molecule has 0 bridgehead atoms. The monoisotopic (exact) mass is 415 g/mol. The third-order valence-corrected chi connectivity index (χ3v) is 6.86. The van der Waals surface area contributed by atoms with Gasteiger partial charge in [-0.25, -0.2) is 8.42 Å². The lowest BCUT2D eigenvalue weighted by atomic mass is 10.0. The average Bonchev–Trinajstić information content (AvgIpc) is 3.05. The van der Waals surface area contributed by atoms with E-state index in [9.17, 15) is 13.2 Å². The van der Waals surface area contributed by atoms with Gasteiger partial charge in [-0.05, 0) is 55.3 Å². The van der Waals surface area contributed by atoms with Crippen molar-refractivity contribution in [3.63, 3.8) is 0 Å². The molecular weight excluding hydrogens is 390 g/mol. The fraction of sp³-hybridized carbons (Fsp3) is 0.333. The largest absolute Gasteiger partial charge is 0.356 e. The Kier molecular flexibility index (Phi) is 6.04. The van der Waals surface area contributed by atoms with Crippen molar-refractivity contribution in [2.45, 2.75) is 39.0 Å². The van der Waals surface area contributed by atoms with Crippen LogP contribution in [0.1, 0.15) is 30.7 Å². The quantitative estimate of drug-likeness (QED) is 0.636. The number of hydrogen-bond acceptors (Lipinski definition) is 5. The Morgan fingerprint density at radius 1 is 1.10 bits per heavy atom. The minimum absolute atomic E-state index is 0.0659. The van der Waals surface area contributed by atoms with Crippen LogP contribution in [0.3, 0.4) is 0 Å². The second kappa shape index (κ2) is 8.34. The molecule has 8 heteroatoms. The summed E-state index contributed by atoms with van der Waals surface area (Å²) < 4.78 is 31.8. The first-order valence-corrected chi connectivity index (χ1v) is 11.0. The molecule has 29 heavy (non-hydrogen) atoms. The van der Waals surface area contributed by atoms with Gasteiger partial charge >= 0.3 is 0 Å². The van der Waals surface area contributed by atoms with Gasteiger partial charge in [0.15, 0.2) is 5.58 Å². The SMILES string of the molecule is CCN(CC)S(=O)(=O)c1ccc(NC(=O)Cc2noc3cc(C)cc(C)c23)cc1. The zero-order chi connectivity index (χ0) is 21.2. The maximum Gasteiger partial charge on any atom is 0.243 e. The Bertz CT molecular complexity index is 1130. The van der Waals surface area contributed by atoms with Gasteiger partial charge in [-0.1, -0.05) is 25.1 Å². The summed E-state index contributed by atoms with van der Waals surface area (Å²) in [6.07, 6.45) is 0.0659. The van der Waals surface area contributed by atoms with Gasteiger partial charge in [-0.2, -0.15) is 4.31 Å². The number of nitrogens with zero attached hydrogens (tertiary/aromatic N) is 2. The van der Waals surface area contributed by atoms with Gasteiger partial charge in [0, 0.05) is 24.2 Å². The molecule has 0 saturated heterocycles. The lowest BCUT2D eigenvalue weighted by molar-refractivity contribution is -0.115. The predicted octanol–water partition coefficient (Wildman–Crippen LogP) is 3.66. The zero-order valence-electron chi connectivity index (χ0n) is 17.0. The van der Waals surface area contributed by atoms with Gasteiger partial charge in [-0.3, -0.25) is 4.79 Å². The van der Waals surface area contributed by atoms with Crippen molar-refractivity contribution in [2.75, 3.05) is 18.4 Å². The molecule has 1 amide bonds. The second-order valence-corrected chi connectivity index (χ2v) is 8.86. The van der Waals surface area contributed by atoms with Crippen LogP contribution in [0.4, 0.5) is 5.69 Å². The van der Waals surface area contributed by atoms with E-state index in [0.717, 1.165) is 16.5 Å². The van der Waals surface area contributed by atoms with Crippen LogP contribution < -0.4 is 5.32 Å². The highest BCUT2D eigenvalue weighted by molar-refractivity contribution is 7.89. The van der Waals surface area contributed by atoms with E-state index >= 15 is 0 Å². The van der Waals surface area contributed by atoms with Crippen LogP contribution in [0.15, 0.2) is 45.8 Å². The molecule has 0 aliphatic heterocycles. The molecule has 0 unspecified atom stereocenters. The number of amides is 1. The van der Waals surface area contributed by atoms with Gasteiger partial charge in [0.25, 0.3) is 0 Å². The van der Waals surface area contributed by atoms with Gasteiger partial charge < -0.3 is 9.84 Å². The smallest absolute Gasteiger partial charge is 0.243 e. The van der Waals surface area contributed by atoms with Gasteiger partial charge in [-0.15, -0.1) is 0 Å². The number of anilines is 1. The summed E-state index contributed by atoms with van der Waals surface area (Å²) in [5.74, 6) is -0.250. The molecule has 1 N–H and O–H groups in total. The Morgan fingerprint density at radius 3 is 2.38 bits per heavy atom. The van der Waals surface area contributed by atoms with Crippen LogP contribution in [0, 0.1) is 13.8 Å². The first-order valence-electron chi connectivity index (χ1n) is 9.51. The number of aromatic nitrogens is 1. The number of carbonyl (C=O) groups excluding carboxylic acids is 1. The molecule has 3 aromatic rings. The van der Waals surface area contributed by atoms with Crippen LogP contribution in [0.25, 0.3) is 11.0 Å². The summed E-state index contributed by atoms with van der Waals surface area (Å²) in [5, 5.41) is 7.68. The fourth-order valence-corrected chi connectivity index (χ4v) is 4.88. The van der Waals surface area contributed by atoms with Crippen LogP contribution >= 0.6 is 0 Å². The topological polar surface area (TPSA) is 92.5 Å². The predicted molar refractivity (Wildman–Crippen MR) is 112 cm³/mol. The molecule has 2 aromatic carbocycles. The standard InChI is InChI=1S/C21H25N3O4S/c1-5-24(6-2)29(26,27)17-9-7-16(8-10-17)22-20(25)13-18-21-15(4)11-14(3)12-19(21)28-23-18/h7-12H,5-6,13H2,1-4H3,(H,22,25). The van der Waals surface area contributed by atoms with E-state index in [4.69, 9.17) is 4.52 Å². The molecule has 0 spiro atoms. The van der Waals surface area contributed by atoms with Gasteiger partial charge in [0.05, 0.1) is 11.3 Å². The van der Waals surface area contributed by atoms with Crippen molar-refractivity contribution < 1.29 is 17.7 Å².